The summed E-state index contributed by atoms with van der Waals surface area (Å²) in [4.78, 5) is 29.8. The molecule has 0 saturated carbocycles. The molecule has 0 bridgehead atoms. The average molecular weight is 388 g/mol. The maximum absolute atomic E-state index is 13.0. The zero-order valence-electron chi connectivity index (χ0n) is 17.1. The SMILES string of the molecule is CCOC(=O)c1[nH]c2ccc(OC)cc2c1NC(=O)[C@@H](C)[NH+]1CCC[C@H](C)C1. The number of methoxy groups -OCH3 is 1. The standard InChI is InChI=1S/C21H29N3O4/c1-5-28-21(26)19-18(16-11-15(27-4)8-9-17(16)22-19)23-20(25)14(3)24-10-6-7-13(2)12-24/h8-9,11,13-14,22H,5-7,10,12H2,1-4H3,(H,23,25)/p+1/t13-,14+/m0/s1. The van der Waals surface area contributed by atoms with Crippen LogP contribution in [0, 0.1) is 5.92 Å². The number of aromatic nitrogens is 1. The van der Waals surface area contributed by atoms with E-state index in [9.17, 15) is 9.59 Å². The minimum Gasteiger partial charge on any atom is -0.497 e. The number of aromatic amines is 1. The number of likely N-dealkylation sites (tertiary alicyclic amines) is 1. The molecule has 1 unspecified atom stereocenters. The number of anilines is 1. The molecule has 1 saturated heterocycles. The molecule has 7 nitrogen and oxygen atoms in total. The highest BCUT2D eigenvalue weighted by Crippen LogP contribution is 2.31. The molecule has 0 spiro atoms. The van der Waals surface area contributed by atoms with E-state index in [1.54, 1.807) is 20.1 Å². The van der Waals surface area contributed by atoms with Crippen LogP contribution >= 0.6 is 0 Å². The van der Waals surface area contributed by atoms with Gasteiger partial charge < -0.3 is 24.7 Å². The maximum atomic E-state index is 13.0. The van der Waals surface area contributed by atoms with Gasteiger partial charge in [0, 0.05) is 16.8 Å². The maximum Gasteiger partial charge on any atom is 0.356 e. The number of H-pyrrole nitrogens is 1. The number of ether oxygens (including phenoxy) is 2. The van der Waals surface area contributed by atoms with Gasteiger partial charge in [-0.3, -0.25) is 4.79 Å². The van der Waals surface area contributed by atoms with Gasteiger partial charge in [0.1, 0.15) is 11.4 Å². The first-order valence-corrected chi connectivity index (χ1v) is 9.96. The normalized spacial score (nSPS) is 20.6. The first-order valence-electron chi connectivity index (χ1n) is 9.96. The van der Waals surface area contributed by atoms with E-state index in [0.717, 1.165) is 30.4 Å². The fourth-order valence-electron chi connectivity index (χ4n) is 3.92. The molecule has 0 aliphatic carbocycles. The van der Waals surface area contributed by atoms with Crippen molar-refractivity contribution in [1.82, 2.24) is 4.98 Å². The molecule has 3 N–H and O–H groups in total. The van der Waals surface area contributed by atoms with Gasteiger partial charge in [0.05, 0.1) is 32.5 Å². The lowest BCUT2D eigenvalue weighted by atomic mass is 9.99. The Morgan fingerprint density at radius 1 is 1.39 bits per heavy atom. The number of quaternary nitrogens is 1. The molecule has 1 aliphatic rings. The summed E-state index contributed by atoms with van der Waals surface area (Å²) in [6.45, 7) is 8.17. The molecular weight excluding hydrogens is 358 g/mol. The van der Waals surface area contributed by atoms with Crippen LogP contribution in [-0.4, -0.2) is 49.7 Å². The van der Waals surface area contributed by atoms with Gasteiger partial charge in [-0.15, -0.1) is 0 Å². The number of fused-ring (bicyclic) bond motifs is 1. The molecule has 152 valence electrons. The van der Waals surface area contributed by atoms with Crippen LogP contribution in [0.15, 0.2) is 18.2 Å². The molecule has 1 aromatic heterocycles. The van der Waals surface area contributed by atoms with Crippen LogP contribution in [0.25, 0.3) is 10.9 Å². The molecule has 3 atom stereocenters. The Morgan fingerprint density at radius 3 is 2.86 bits per heavy atom. The highest BCUT2D eigenvalue weighted by molar-refractivity contribution is 6.11. The Hall–Kier alpha value is -2.54. The van der Waals surface area contributed by atoms with Crippen molar-refractivity contribution >= 4 is 28.5 Å². The van der Waals surface area contributed by atoms with Crippen molar-refractivity contribution in [3.8, 4) is 5.75 Å². The van der Waals surface area contributed by atoms with Crippen molar-refractivity contribution in [2.24, 2.45) is 5.92 Å². The smallest absolute Gasteiger partial charge is 0.356 e. The summed E-state index contributed by atoms with van der Waals surface area (Å²) in [5, 5.41) is 3.72. The summed E-state index contributed by atoms with van der Waals surface area (Å²) in [5.41, 5.74) is 1.45. The molecule has 2 aromatic rings. The van der Waals surface area contributed by atoms with Gasteiger partial charge in [-0.1, -0.05) is 6.92 Å². The van der Waals surface area contributed by atoms with Gasteiger partial charge in [-0.2, -0.15) is 0 Å². The first-order chi connectivity index (χ1) is 13.4. The van der Waals surface area contributed by atoms with E-state index in [0.29, 0.717) is 17.4 Å². The third kappa shape index (κ3) is 4.14. The van der Waals surface area contributed by atoms with Crippen LogP contribution in [0.4, 0.5) is 5.69 Å². The highest BCUT2D eigenvalue weighted by atomic mass is 16.5. The number of piperidine rings is 1. The summed E-state index contributed by atoms with van der Waals surface area (Å²) in [7, 11) is 1.58. The van der Waals surface area contributed by atoms with Crippen molar-refractivity contribution in [2.45, 2.75) is 39.7 Å². The Morgan fingerprint density at radius 2 is 2.18 bits per heavy atom. The van der Waals surface area contributed by atoms with Crippen LogP contribution in [0.5, 0.6) is 5.75 Å². The highest BCUT2D eigenvalue weighted by Gasteiger charge is 2.31. The topological polar surface area (TPSA) is 84.9 Å². The number of esters is 1. The number of nitrogens with one attached hydrogen (secondary N) is 3. The second-order valence-corrected chi connectivity index (χ2v) is 7.58. The van der Waals surface area contributed by atoms with E-state index >= 15 is 0 Å². The zero-order valence-corrected chi connectivity index (χ0v) is 17.1. The van der Waals surface area contributed by atoms with Crippen LogP contribution in [0.3, 0.4) is 0 Å². The number of hydrogen-bond donors (Lipinski definition) is 3. The molecule has 0 radical (unpaired) electrons. The second-order valence-electron chi connectivity index (χ2n) is 7.58. The van der Waals surface area contributed by atoms with E-state index in [1.807, 2.05) is 19.1 Å². The summed E-state index contributed by atoms with van der Waals surface area (Å²) < 4.78 is 10.5. The summed E-state index contributed by atoms with van der Waals surface area (Å²) in [6, 6.07) is 5.24. The van der Waals surface area contributed by atoms with E-state index in [1.165, 1.54) is 11.3 Å². The van der Waals surface area contributed by atoms with E-state index in [-0.39, 0.29) is 24.2 Å². The third-order valence-corrected chi connectivity index (χ3v) is 5.54. The van der Waals surface area contributed by atoms with Gasteiger partial charge >= 0.3 is 5.97 Å². The van der Waals surface area contributed by atoms with Gasteiger partial charge in [0.2, 0.25) is 0 Å². The fourth-order valence-corrected chi connectivity index (χ4v) is 3.92. The van der Waals surface area contributed by atoms with Gasteiger partial charge in [-0.25, -0.2) is 4.79 Å². The van der Waals surface area contributed by atoms with E-state index in [4.69, 9.17) is 9.47 Å². The number of amides is 1. The van der Waals surface area contributed by atoms with Crippen LogP contribution in [0.1, 0.15) is 44.1 Å². The molecule has 1 amide bonds. The number of hydrogen-bond acceptors (Lipinski definition) is 4. The van der Waals surface area contributed by atoms with Crippen molar-refractivity contribution in [3.63, 3.8) is 0 Å². The number of carbonyl (C=O) groups is 2. The zero-order chi connectivity index (χ0) is 20.3. The predicted molar refractivity (Wildman–Crippen MR) is 108 cm³/mol. The van der Waals surface area contributed by atoms with E-state index < -0.39 is 5.97 Å². The molecular formula is C21H30N3O4+. The Kier molecular flexibility index (Phi) is 6.24. The largest absolute Gasteiger partial charge is 0.497 e. The second kappa shape index (κ2) is 8.65. The number of carbonyl (C=O) groups excluding carboxylic acids is 2. The lowest BCUT2D eigenvalue weighted by molar-refractivity contribution is -0.922. The molecule has 1 aliphatic heterocycles. The lowest BCUT2D eigenvalue weighted by Gasteiger charge is -2.31. The molecule has 2 heterocycles. The minimum atomic E-state index is -0.487. The molecule has 28 heavy (non-hydrogen) atoms. The Labute approximate surface area is 165 Å². The lowest BCUT2D eigenvalue weighted by Crippen LogP contribution is -3.17. The van der Waals surface area contributed by atoms with Gasteiger partial charge in [-0.05, 0) is 44.9 Å². The van der Waals surface area contributed by atoms with Gasteiger partial charge in [0.15, 0.2) is 6.04 Å². The first kappa shape index (κ1) is 20.2. The quantitative estimate of drug-likeness (QED) is 0.661. The molecule has 1 aromatic carbocycles. The molecule has 1 fully saturated rings. The van der Waals surface area contributed by atoms with Crippen molar-refractivity contribution in [3.05, 3.63) is 23.9 Å². The minimum absolute atomic E-state index is 0.0987. The van der Waals surface area contributed by atoms with E-state index in [2.05, 4.69) is 17.2 Å². The van der Waals surface area contributed by atoms with Crippen molar-refractivity contribution in [2.75, 3.05) is 32.1 Å². The number of benzene rings is 1. The van der Waals surface area contributed by atoms with Gasteiger partial charge in [0.25, 0.3) is 5.91 Å². The van der Waals surface area contributed by atoms with Crippen molar-refractivity contribution in [1.29, 1.82) is 0 Å². The third-order valence-electron chi connectivity index (χ3n) is 5.54. The van der Waals surface area contributed by atoms with Crippen LogP contribution in [0.2, 0.25) is 0 Å². The van der Waals surface area contributed by atoms with Crippen LogP contribution < -0.4 is 15.0 Å². The van der Waals surface area contributed by atoms with Crippen LogP contribution in [-0.2, 0) is 9.53 Å². The monoisotopic (exact) mass is 388 g/mol. The molecule has 7 heteroatoms. The molecule has 3 rings (SSSR count). The van der Waals surface area contributed by atoms with Crippen molar-refractivity contribution < 1.29 is 24.0 Å². The predicted octanol–water partition coefficient (Wildman–Crippen LogP) is 1.99. The Bertz CT molecular complexity index is 861. The summed E-state index contributed by atoms with van der Waals surface area (Å²) in [5.74, 6) is 0.685. The average Bonchev–Trinajstić information content (AvgIpc) is 3.05. The summed E-state index contributed by atoms with van der Waals surface area (Å²) >= 11 is 0. The Balaban J connectivity index is 1.91. The number of rotatable bonds is 6. The summed E-state index contributed by atoms with van der Waals surface area (Å²) in [6.07, 6.45) is 2.35. The fraction of sp³-hybridized carbons (Fsp3) is 0.524.